The van der Waals surface area contributed by atoms with Crippen molar-refractivity contribution in [1.82, 2.24) is 20.0 Å². The number of piperazine rings is 1. The zero-order valence-corrected chi connectivity index (χ0v) is 14.3. The second kappa shape index (κ2) is 6.87. The van der Waals surface area contributed by atoms with Gasteiger partial charge in [-0.2, -0.15) is 4.98 Å². The second-order valence-corrected chi connectivity index (χ2v) is 5.94. The van der Waals surface area contributed by atoms with Gasteiger partial charge in [0.1, 0.15) is 11.6 Å². The zero-order valence-electron chi connectivity index (χ0n) is 14.3. The molecule has 1 fully saturated rings. The lowest BCUT2D eigenvalue weighted by Crippen LogP contribution is -2.49. The molecule has 0 aromatic carbocycles. The van der Waals surface area contributed by atoms with E-state index in [9.17, 15) is 4.79 Å². The molecule has 0 spiro atoms. The van der Waals surface area contributed by atoms with Crippen LogP contribution in [0.15, 0.2) is 45.7 Å². The summed E-state index contributed by atoms with van der Waals surface area (Å²) >= 11 is 0. The molecule has 1 aliphatic heterocycles. The van der Waals surface area contributed by atoms with Crippen LogP contribution in [-0.2, 0) is 0 Å². The zero-order chi connectivity index (χ0) is 17.9. The molecule has 3 aromatic rings. The fourth-order valence-corrected chi connectivity index (χ4v) is 2.82. The molecule has 134 valence electrons. The van der Waals surface area contributed by atoms with Gasteiger partial charge >= 0.3 is 0 Å². The van der Waals surface area contributed by atoms with Gasteiger partial charge in [0.25, 0.3) is 5.91 Å². The van der Waals surface area contributed by atoms with Gasteiger partial charge in [-0.15, -0.1) is 0 Å². The van der Waals surface area contributed by atoms with Gasteiger partial charge in [0, 0.05) is 38.4 Å². The number of nitrogens with zero attached hydrogens (tertiary/aromatic N) is 5. The molecule has 0 saturated carbocycles. The van der Waals surface area contributed by atoms with Gasteiger partial charge in [-0.25, -0.2) is 4.98 Å². The second-order valence-electron chi connectivity index (χ2n) is 5.94. The van der Waals surface area contributed by atoms with Crippen LogP contribution in [0, 0.1) is 6.92 Å². The van der Waals surface area contributed by atoms with Crippen molar-refractivity contribution in [2.45, 2.75) is 6.92 Å². The van der Waals surface area contributed by atoms with Gasteiger partial charge in [-0.1, -0.05) is 5.16 Å². The van der Waals surface area contributed by atoms with Crippen LogP contribution in [0.25, 0.3) is 0 Å². The molecule has 1 amide bonds. The van der Waals surface area contributed by atoms with Crippen molar-refractivity contribution in [3.63, 3.8) is 0 Å². The highest BCUT2D eigenvalue weighted by Gasteiger charge is 2.24. The van der Waals surface area contributed by atoms with Gasteiger partial charge in [-0.05, 0) is 25.1 Å². The predicted molar refractivity (Wildman–Crippen MR) is 93.4 cm³/mol. The summed E-state index contributed by atoms with van der Waals surface area (Å²) < 4.78 is 10.2. The van der Waals surface area contributed by atoms with E-state index in [1.165, 1.54) is 6.26 Å². The van der Waals surface area contributed by atoms with E-state index in [0.29, 0.717) is 49.5 Å². The highest BCUT2D eigenvalue weighted by atomic mass is 16.5. The van der Waals surface area contributed by atoms with E-state index in [0.717, 1.165) is 5.82 Å². The SMILES string of the molecule is Cc1cc(Nc2nccc(N3CCN(C(=O)c4ccco4)CC3)n2)no1. The molecular weight excluding hydrogens is 336 g/mol. The average Bonchev–Trinajstić information content (AvgIpc) is 3.34. The highest BCUT2D eigenvalue weighted by molar-refractivity contribution is 5.91. The van der Waals surface area contributed by atoms with E-state index in [1.54, 1.807) is 29.3 Å². The van der Waals surface area contributed by atoms with Gasteiger partial charge in [-0.3, -0.25) is 4.79 Å². The summed E-state index contributed by atoms with van der Waals surface area (Å²) in [7, 11) is 0. The summed E-state index contributed by atoms with van der Waals surface area (Å²) in [5.41, 5.74) is 0. The molecule has 0 radical (unpaired) electrons. The molecule has 1 N–H and O–H groups in total. The molecule has 9 nitrogen and oxygen atoms in total. The quantitative estimate of drug-likeness (QED) is 0.760. The number of amides is 1. The number of carbonyl (C=O) groups is 1. The highest BCUT2D eigenvalue weighted by Crippen LogP contribution is 2.18. The molecule has 26 heavy (non-hydrogen) atoms. The predicted octanol–water partition coefficient (Wildman–Crippen LogP) is 2.07. The van der Waals surface area contributed by atoms with Crippen LogP contribution in [0.1, 0.15) is 16.3 Å². The number of aryl methyl sites for hydroxylation is 1. The van der Waals surface area contributed by atoms with Crippen molar-refractivity contribution < 1.29 is 13.7 Å². The fraction of sp³-hybridized carbons (Fsp3) is 0.294. The maximum absolute atomic E-state index is 12.3. The molecule has 0 aliphatic carbocycles. The maximum Gasteiger partial charge on any atom is 0.289 e. The number of aromatic nitrogens is 3. The largest absolute Gasteiger partial charge is 0.459 e. The van der Waals surface area contributed by atoms with E-state index in [-0.39, 0.29) is 5.91 Å². The Morgan fingerprint density at radius 1 is 1.23 bits per heavy atom. The minimum absolute atomic E-state index is 0.0823. The number of anilines is 3. The van der Waals surface area contributed by atoms with E-state index < -0.39 is 0 Å². The first-order valence-electron chi connectivity index (χ1n) is 8.30. The number of nitrogens with one attached hydrogen (secondary N) is 1. The monoisotopic (exact) mass is 354 g/mol. The van der Waals surface area contributed by atoms with Gasteiger partial charge in [0.15, 0.2) is 11.6 Å². The number of carbonyl (C=O) groups excluding carboxylic acids is 1. The van der Waals surface area contributed by atoms with E-state index in [1.807, 2.05) is 13.0 Å². The Morgan fingerprint density at radius 2 is 2.08 bits per heavy atom. The smallest absolute Gasteiger partial charge is 0.289 e. The number of hydrogen-bond donors (Lipinski definition) is 1. The van der Waals surface area contributed by atoms with Crippen LogP contribution in [0.3, 0.4) is 0 Å². The van der Waals surface area contributed by atoms with Crippen LogP contribution in [0.4, 0.5) is 17.6 Å². The third kappa shape index (κ3) is 3.37. The molecule has 1 saturated heterocycles. The molecule has 9 heteroatoms. The normalized spacial score (nSPS) is 14.5. The van der Waals surface area contributed by atoms with Crippen LogP contribution in [0.2, 0.25) is 0 Å². The lowest BCUT2D eigenvalue weighted by molar-refractivity contribution is 0.0714. The van der Waals surface area contributed by atoms with Gasteiger partial charge in [0.2, 0.25) is 5.95 Å². The first-order chi connectivity index (χ1) is 12.7. The van der Waals surface area contributed by atoms with Crippen LogP contribution in [0.5, 0.6) is 0 Å². The number of furan rings is 1. The Bertz CT molecular complexity index is 884. The average molecular weight is 354 g/mol. The summed E-state index contributed by atoms with van der Waals surface area (Å²) in [5.74, 6) is 2.81. The lowest BCUT2D eigenvalue weighted by atomic mass is 10.3. The van der Waals surface area contributed by atoms with Crippen LogP contribution < -0.4 is 10.2 Å². The maximum atomic E-state index is 12.3. The Hall–Kier alpha value is -3.36. The number of hydrogen-bond acceptors (Lipinski definition) is 8. The van der Waals surface area contributed by atoms with Crippen molar-refractivity contribution >= 4 is 23.5 Å². The molecule has 4 heterocycles. The summed E-state index contributed by atoms with van der Waals surface area (Å²) in [6.45, 7) is 4.40. The Labute approximate surface area is 149 Å². The van der Waals surface area contributed by atoms with E-state index >= 15 is 0 Å². The lowest BCUT2D eigenvalue weighted by Gasteiger charge is -2.35. The summed E-state index contributed by atoms with van der Waals surface area (Å²) in [6, 6.07) is 7.02. The molecular formula is C17H18N6O3. The first kappa shape index (κ1) is 16.1. The summed E-state index contributed by atoms with van der Waals surface area (Å²) in [5, 5.41) is 6.89. The molecule has 4 rings (SSSR count). The van der Waals surface area contributed by atoms with Gasteiger partial charge < -0.3 is 24.1 Å². The minimum atomic E-state index is -0.0823. The molecule has 0 bridgehead atoms. The Morgan fingerprint density at radius 3 is 2.77 bits per heavy atom. The Balaban J connectivity index is 1.40. The van der Waals surface area contributed by atoms with Crippen molar-refractivity contribution in [3.8, 4) is 0 Å². The topological polar surface area (TPSA) is 101 Å². The third-order valence-corrected chi connectivity index (χ3v) is 4.13. The van der Waals surface area contributed by atoms with E-state index in [4.69, 9.17) is 8.94 Å². The number of rotatable bonds is 4. The molecule has 1 aliphatic rings. The van der Waals surface area contributed by atoms with Crippen molar-refractivity contribution in [1.29, 1.82) is 0 Å². The Kier molecular flexibility index (Phi) is 4.26. The van der Waals surface area contributed by atoms with Crippen LogP contribution >= 0.6 is 0 Å². The first-order valence-corrected chi connectivity index (χ1v) is 8.30. The molecule has 0 unspecified atom stereocenters. The molecule has 0 atom stereocenters. The summed E-state index contributed by atoms with van der Waals surface area (Å²) in [4.78, 5) is 25.0. The summed E-state index contributed by atoms with van der Waals surface area (Å²) in [6.07, 6.45) is 3.20. The van der Waals surface area contributed by atoms with Crippen molar-refractivity contribution in [2.75, 3.05) is 36.4 Å². The van der Waals surface area contributed by atoms with Crippen molar-refractivity contribution in [2.24, 2.45) is 0 Å². The van der Waals surface area contributed by atoms with Crippen molar-refractivity contribution in [3.05, 3.63) is 48.2 Å². The minimum Gasteiger partial charge on any atom is -0.459 e. The van der Waals surface area contributed by atoms with Gasteiger partial charge in [0.05, 0.1) is 6.26 Å². The standard InChI is InChI=1S/C17H18N6O3/c1-12-11-14(21-26-12)19-17-18-5-4-15(20-17)22-6-8-23(9-7-22)16(24)13-3-2-10-25-13/h2-5,10-11H,6-9H2,1H3,(H,18,19,20,21). The van der Waals surface area contributed by atoms with Crippen LogP contribution in [-0.4, -0.2) is 52.1 Å². The molecule has 3 aromatic heterocycles. The third-order valence-electron chi connectivity index (χ3n) is 4.13. The van der Waals surface area contributed by atoms with E-state index in [2.05, 4.69) is 25.3 Å². The fourth-order valence-electron chi connectivity index (χ4n) is 2.82.